The van der Waals surface area contributed by atoms with Gasteiger partial charge in [0.2, 0.25) is 5.91 Å². The average molecular weight is 372 g/mol. The standard InChI is InChI=1S/C22H33N3O2/c26-22(25-9-4-2-1-3-5-10-25)18-24-13-11-23(12-14-24)17-19-6-7-21-20(16-19)8-15-27-21/h6-7,16H,1-5,8-15,17-18H2. The van der Waals surface area contributed by atoms with E-state index in [9.17, 15) is 4.79 Å². The zero-order valence-corrected chi connectivity index (χ0v) is 16.5. The summed E-state index contributed by atoms with van der Waals surface area (Å²) in [5, 5.41) is 0. The number of fused-ring (bicyclic) bond motifs is 1. The van der Waals surface area contributed by atoms with E-state index >= 15 is 0 Å². The molecule has 1 aromatic carbocycles. The van der Waals surface area contributed by atoms with Crippen LogP contribution in [0.4, 0.5) is 0 Å². The van der Waals surface area contributed by atoms with E-state index in [4.69, 9.17) is 4.74 Å². The van der Waals surface area contributed by atoms with E-state index in [1.54, 1.807) is 0 Å². The normalized spacial score (nSPS) is 22.0. The lowest BCUT2D eigenvalue weighted by molar-refractivity contribution is -0.133. The zero-order chi connectivity index (χ0) is 18.5. The molecule has 0 bridgehead atoms. The van der Waals surface area contributed by atoms with Crippen LogP contribution in [0.3, 0.4) is 0 Å². The lowest BCUT2D eigenvalue weighted by Gasteiger charge is -2.35. The fourth-order valence-corrected chi connectivity index (χ4v) is 4.49. The molecule has 4 rings (SSSR count). The molecule has 0 aromatic heterocycles. The van der Waals surface area contributed by atoms with Crippen molar-refractivity contribution in [1.29, 1.82) is 0 Å². The number of ether oxygens (including phenoxy) is 1. The Balaban J connectivity index is 1.22. The highest BCUT2D eigenvalue weighted by Gasteiger charge is 2.22. The molecule has 3 heterocycles. The van der Waals surface area contributed by atoms with Gasteiger partial charge in [0.15, 0.2) is 0 Å². The summed E-state index contributed by atoms with van der Waals surface area (Å²) in [7, 11) is 0. The molecule has 1 amide bonds. The van der Waals surface area contributed by atoms with Gasteiger partial charge in [-0.25, -0.2) is 0 Å². The van der Waals surface area contributed by atoms with Gasteiger partial charge in [0, 0.05) is 52.2 Å². The van der Waals surface area contributed by atoms with Crippen molar-refractivity contribution in [3.63, 3.8) is 0 Å². The van der Waals surface area contributed by atoms with E-state index in [2.05, 4.69) is 32.9 Å². The molecular weight excluding hydrogens is 338 g/mol. The monoisotopic (exact) mass is 371 g/mol. The predicted molar refractivity (Wildman–Crippen MR) is 107 cm³/mol. The van der Waals surface area contributed by atoms with Gasteiger partial charge in [-0.15, -0.1) is 0 Å². The third-order valence-corrected chi connectivity index (χ3v) is 6.19. The maximum atomic E-state index is 12.7. The van der Waals surface area contributed by atoms with Gasteiger partial charge < -0.3 is 9.64 Å². The van der Waals surface area contributed by atoms with Crippen LogP contribution < -0.4 is 4.74 Å². The SMILES string of the molecule is O=C(CN1CCN(Cc2ccc3c(c2)CCO3)CC1)N1CCCCCCC1. The first kappa shape index (κ1) is 18.8. The summed E-state index contributed by atoms with van der Waals surface area (Å²) in [4.78, 5) is 19.6. The summed E-state index contributed by atoms with van der Waals surface area (Å²) in [5.74, 6) is 1.40. The third kappa shape index (κ3) is 5.02. The Morgan fingerprint density at radius 2 is 1.59 bits per heavy atom. The van der Waals surface area contributed by atoms with E-state index in [-0.39, 0.29) is 0 Å². The Hall–Kier alpha value is -1.59. The smallest absolute Gasteiger partial charge is 0.236 e. The van der Waals surface area contributed by atoms with Crippen molar-refractivity contribution >= 4 is 5.91 Å². The van der Waals surface area contributed by atoms with E-state index < -0.39 is 0 Å². The van der Waals surface area contributed by atoms with Crippen LogP contribution in [-0.4, -0.2) is 73.0 Å². The largest absolute Gasteiger partial charge is 0.493 e. The van der Waals surface area contributed by atoms with Gasteiger partial charge in [-0.3, -0.25) is 14.6 Å². The Bertz CT molecular complexity index is 632. The summed E-state index contributed by atoms with van der Waals surface area (Å²) in [5.41, 5.74) is 2.73. The minimum absolute atomic E-state index is 0.337. The van der Waals surface area contributed by atoms with Crippen LogP contribution in [0.2, 0.25) is 0 Å². The Morgan fingerprint density at radius 1 is 0.889 bits per heavy atom. The fourth-order valence-electron chi connectivity index (χ4n) is 4.49. The molecule has 0 saturated carbocycles. The van der Waals surface area contributed by atoms with Crippen molar-refractivity contribution in [3.05, 3.63) is 29.3 Å². The second-order valence-electron chi connectivity index (χ2n) is 8.24. The summed E-state index contributed by atoms with van der Waals surface area (Å²) < 4.78 is 5.60. The topological polar surface area (TPSA) is 36.0 Å². The van der Waals surface area contributed by atoms with E-state index in [1.165, 1.54) is 43.2 Å². The maximum Gasteiger partial charge on any atom is 0.236 e. The van der Waals surface area contributed by atoms with Gasteiger partial charge >= 0.3 is 0 Å². The van der Waals surface area contributed by atoms with Crippen molar-refractivity contribution in [2.24, 2.45) is 0 Å². The minimum Gasteiger partial charge on any atom is -0.493 e. The molecule has 2 saturated heterocycles. The first-order chi connectivity index (χ1) is 13.3. The van der Waals surface area contributed by atoms with Crippen LogP contribution in [0.15, 0.2) is 18.2 Å². The maximum absolute atomic E-state index is 12.7. The fraction of sp³-hybridized carbons (Fsp3) is 0.682. The van der Waals surface area contributed by atoms with Crippen molar-refractivity contribution in [2.75, 3.05) is 52.4 Å². The van der Waals surface area contributed by atoms with Gasteiger partial charge in [-0.2, -0.15) is 0 Å². The molecule has 0 spiro atoms. The summed E-state index contributed by atoms with van der Waals surface area (Å²) >= 11 is 0. The van der Waals surface area contributed by atoms with Gasteiger partial charge in [-0.1, -0.05) is 31.4 Å². The Morgan fingerprint density at radius 3 is 2.37 bits per heavy atom. The minimum atomic E-state index is 0.337. The van der Waals surface area contributed by atoms with Gasteiger partial charge in [-0.05, 0) is 30.0 Å². The first-order valence-corrected chi connectivity index (χ1v) is 10.7. The molecule has 27 heavy (non-hydrogen) atoms. The summed E-state index contributed by atoms with van der Waals surface area (Å²) in [6, 6.07) is 6.62. The van der Waals surface area contributed by atoms with Crippen LogP contribution >= 0.6 is 0 Å². The van der Waals surface area contributed by atoms with E-state index in [0.717, 1.165) is 64.6 Å². The van der Waals surface area contributed by atoms with Gasteiger partial charge in [0.25, 0.3) is 0 Å². The number of piperazine rings is 1. The molecule has 0 atom stereocenters. The molecular formula is C22H33N3O2. The van der Waals surface area contributed by atoms with E-state index in [1.807, 2.05) is 0 Å². The predicted octanol–water partition coefficient (Wildman–Crippen LogP) is 2.53. The molecule has 0 radical (unpaired) electrons. The van der Waals surface area contributed by atoms with Crippen molar-refractivity contribution in [3.8, 4) is 5.75 Å². The molecule has 0 N–H and O–H groups in total. The summed E-state index contributed by atoms with van der Waals surface area (Å²) in [6.45, 7) is 8.42. The Labute approximate surface area is 163 Å². The zero-order valence-electron chi connectivity index (χ0n) is 16.5. The number of nitrogens with zero attached hydrogens (tertiary/aromatic N) is 3. The van der Waals surface area contributed by atoms with Gasteiger partial charge in [0.05, 0.1) is 13.2 Å². The molecule has 0 aliphatic carbocycles. The highest BCUT2D eigenvalue weighted by atomic mass is 16.5. The highest BCUT2D eigenvalue weighted by molar-refractivity contribution is 5.78. The lowest BCUT2D eigenvalue weighted by atomic mass is 10.1. The molecule has 3 aliphatic heterocycles. The number of rotatable bonds is 4. The van der Waals surface area contributed by atoms with Crippen LogP contribution in [0, 0.1) is 0 Å². The molecule has 2 fully saturated rings. The number of hydrogen-bond acceptors (Lipinski definition) is 4. The quantitative estimate of drug-likeness (QED) is 0.815. The molecule has 5 heteroatoms. The number of amides is 1. The van der Waals surface area contributed by atoms with Crippen molar-refractivity contribution < 1.29 is 9.53 Å². The third-order valence-electron chi connectivity index (χ3n) is 6.19. The average Bonchev–Trinajstić information content (AvgIpc) is 3.11. The number of benzene rings is 1. The molecule has 148 valence electrons. The molecule has 0 unspecified atom stereocenters. The van der Waals surface area contributed by atoms with E-state index in [0.29, 0.717) is 12.5 Å². The Kier molecular flexibility index (Phi) is 6.30. The molecule has 5 nitrogen and oxygen atoms in total. The lowest BCUT2D eigenvalue weighted by Crippen LogP contribution is -2.50. The van der Waals surface area contributed by atoms with Crippen molar-refractivity contribution in [1.82, 2.24) is 14.7 Å². The van der Waals surface area contributed by atoms with Crippen LogP contribution in [0.5, 0.6) is 5.75 Å². The molecule has 3 aliphatic rings. The van der Waals surface area contributed by atoms with Crippen LogP contribution in [0.25, 0.3) is 0 Å². The van der Waals surface area contributed by atoms with Crippen LogP contribution in [-0.2, 0) is 17.8 Å². The molecule has 1 aromatic rings. The highest BCUT2D eigenvalue weighted by Crippen LogP contribution is 2.26. The summed E-state index contributed by atoms with van der Waals surface area (Å²) in [6.07, 6.45) is 7.27. The van der Waals surface area contributed by atoms with Gasteiger partial charge in [0.1, 0.15) is 5.75 Å². The van der Waals surface area contributed by atoms with Crippen LogP contribution in [0.1, 0.15) is 43.2 Å². The van der Waals surface area contributed by atoms with Crippen molar-refractivity contribution in [2.45, 2.75) is 45.1 Å². The number of carbonyl (C=O) groups excluding carboxylic acids is 1. The second kappa shape index (κ2) is 9.07. The first-order valence-electron chi connectivity index (χ1n) is 10.7. The number of likely N-dealkylation sites (tertiary alicyclic amines) is 1. The second-order valence-corrected chi connectivity index (χ2v) is 8.24. The number of hydrogen-bond donors (Lipinski definition) is 0. The number of carbonyl (C=O) groups is 1.